The lowest BCUT2D eigenvalue weighted by Gasteiger charge is -2.29. The Labute approximate surface area is 140 Å². The van der Waals surface area contributed by atoms with Gasteiger partial charge in [-0.05, 0) is 30.7 Å². The van der Waals surface area contributed by atoms with E-state index in [4.69, 9.17) is 4.74 Å². The van der Waals surface area contributed by atoms with Gasteiger partial charge in [0, 0.05) is 0 Å². The van der Waals surface area contributed by atoms with Crippen molar-refractivity contribution in [2.45, 2.75) is 24.8 Å². The number of aliphatic hydroxyl groups is 1. The van der Waals surface area contributed by atoms with E-state index in [1.165, 1.54) is 6.07 Å². The molecule has 1 aromatic rings. The first-order valence-corrected chi connectivity index (χ1v) is 7.73. The monoisotopic (exact) mass is 353 g/mol. The number of carbonyl (C=O) groups is 2. The van der Waals surface area contributed by atoms with Crippen molar-refractivity contribution in [3.8, 4) is 0 Å². The number of hydrogen-bond acceptors (Lipinski definition) is 4. The number of aliphatic hydroxyl groups excluding tert-OH is 1. The van der Waals surface area contributed by atoms with E-state index in [-0.39, 0.29) is 12.3 Å². The Morgan fingerprint density at radius 3 is 2.64 bits per heavy atom. The Balaban J connectivity index is 1.74. The number of imide groups is 1. The number of nitrogens with zero attached hydrogens (tertiary/aromatic N) is 1. The molecule has 4 rings (SSSR count). The van der Waals surface area contributed by atoms with E-state index in [2.05, 4.69) is 0 Å². The topological polar surface area (TPSA) is 66.8 Å². The van der Waals surface area contributed by atoms with E-state index < -0.39 is 47.1 Å². The second-order valence-corrected chi connectivity index (χ2v) is 6.60. The fourth-order valence-corrected chi connectivity index (χ4v) is 4.09. The molecule has 2 amide bonds. The second kappa shape index (κ2) is 4.92. The molecular formula is C17H14F3NO4. The Morgan fingerprint density at radius 2 is 2.00 bits per heavy atom. The van der Waals surface area contributed by atoms with Crippen molar-refractivity contribution in [2.24, 2.45) is 11.8 Å². The number of anilines is 1. The maximum atomic E-state index is 12.9. The summed E-state index contributed by atoms with van der Waals surface area (Å²) in [5.74, 6) is -2.79. The molecule has 3 heterocycles. The maximum Gasteiger partial charge on any atom is 0.416 e. The van der Waals surface area contributed by atoms with E-state index >= 15 is 0 Å². The van der Waals surface area contributed by atoms with Gasteiger partial charge in [-0.15, -0.1) is 0 Å². The summed E-state index contributed by atoms with van der Waals surface area (Å²) in [4.78, 5) is 26.4. The number of alkyl halides is 3. The first kappa shape index (κ1) is 16.3. The molecule has 3 aliphatic rings. The molecule has 2 saturated heterocycles. The molecule has 132 valence electrons. The van der Waals surface area contributed by atoms with Gasteiger partial charge in [-0.25, -0.2) is 4.90 Å². The van der Waals surface area contributed by atoms with Crippen molar-refractivity contribution in [3.05, 3.63) is 41.5 Å². The number of rotatable bonds is 2. The number of halogens is 3. The molecule has 1 unspecified atom stereocenters. The van der Waals surface area contributed by atoms with E-state index in [1.807, 2.05) is 0 Å². The Kier molecular flexibility index (Phi) is 3.21. The second-order valence-electron chi connectivity index (χ2n) is 6.60. The van der Waals surface area contributed by atoms with Crippen LogP contribution in [0, 0.1) is 11.8 Å². The smallest absolute Gasteiger partial charge is 0.392 e. The zero-order valence-corrected chi connectivity index (χ0v) is 13.1. The third-order valence-corrected chi connectivity index (χ3v) is 5.28. The van der Waals surface area contributed by atoms with Crippen LogP contribution in [0.25, 0.3) is 0 Å². The van der Waals surface area contributed by atoms with Crippen molar-refractivity contribution >= 4 is 17.5 Å². The number of carbonyl (C=O) groups excluding carboxylic acids is 2. The van der Waals surface area contributed by atoms with E-state index in [0.29, 0.717) is 5.57 Å². The zero-order valence-electron chi connectivity index (χ0n) is 13.1. The highest BCUT2D eigenvalue weighted by Gasteiger charge is 2.68. The van der Waals surface area contributed by atoms with E-state index in [1.54, 1.807) is 13.0 Å². The SMILES string of the molecule is CC12O[C@@H](C=C1CO)[C@H]1C(=O)N(c3cccc(C(F)(F)F)c3)C(=O)[C@H]12. The van der Waals surface area contributed by atoms with Crippen molar-refractivity contribution in [3.63, 3.8) is 0 Å². The van der Waals surface area contributed by atoms with Crippen LogP contribution in [0.3, 0.4) is 0 Å². The van der Waals surface area contributed by atoms with Crippen molar-refractivity contribution in [1.29, 1.82) is 0 Å². The van der Waals surface area contributed by atoms with E-state index in [0.717, 1.165) is 23.1 Å². The van der Waals surface area contributed by atoms with Gasteiger partial charge >= 0.3 is 6.18 Å². The standard InChI is InChI=1S/C17H14F3NO4/c1-16-9(7-22)6-11(25-16)12-13(16)15(24)21(14(12)23)10-4-2-3-8(5-10)17(18,19)20/h2-6,11-13,22H,7H2,1H3/t11-,12+,13-,16?/m0/s1. The predicted molar refractivity (Wildman–Crippen MR) is 79.4 cm³/mol. The zero-order chi connectivity index (χ0) is 18.1. The van der Waals surface area contributed by atoms with Crippen LogP contribution >= 0.6 is 0 Å². The van der Waals surface area contributed by atoms with Gasteiger partial charge in [0.1, 0.15) is 5.60 Å². The minimum atomic E-state index is -4.57. The molecule has 0 aliphatic carbocycles. The lowest BCUT2D eigenvalue weighted by molar-refractivity contribution is -0.137. The van der Waals surface area contributed by atoms with Crippen LogP contribution in [-0.2, 0) is 20.5 Å². The van der Waals surface area contributed by atoms with E-state index in [9.17, 15) is 27.9 Å². The molecule has 0 radical (unpaired) electrons. The quantitative estimate of drug-likeness (QED) is 0.651. The first-order chi connectivity index (χ1) is 11.7. The molecule has 1 N–H and O–H groups in total. The van der Waals surface area contributed by atoms with Crippen LogP contribution in [0.2, 0.25) is 0 Å². The summed E-state index contributed by atoms with van der Waals surface area (Å²) in [6, 6.07) is 4.14. The summed E-state index contributed by atoms with van der Waals surface area (Å²) in [5.41, 5.74) is -1.62. The summed E-state index contributed by atoms with van der Waals surface area (Å²) in [6.07, 6.45) is -3.59. The fourth-order valence-electron chi connectivity index (χ4n) is 4.09. The molecule has 2 fully saturated rings. The fraction of sp³-hybridized carbons (Fsp3) is 0.412. The molecule has 8 heteroatoms. The third kappa shape index (κ3) is 2.04. The molecule has 2 bridgehead atoms. The molecule has 0 saturated carbocycles. The molecule has 0 spiro atoms. The number of hydrogen-bond donors (Lipinski definition) is 1. The summed E-state index contributed by atoms with van der Waals surface area (Å²) >= 11 is 0. The van der Waals surface area contributed by atoms with Gasteiger partial charge < -0.3 is 9.84 Å². The Bertz CT molecular complexity index is 818. The average molecular weight is 353 g/mol. The van der Waals surface area contributed by atoms with Crippen LogP contribution in [0.5, 0.6) is 0 Å². The minimum Gasteiger partial charge on any atom is -0.392 e. The first-order valence-electron chi connectivity index (χ1n) is 7.73. The van der Waals surface area contributed by atoms with Gasteiger partial charge in [0.05, 0.1) is 35.8 Å². The molecule has 5 nitrogen and oxygen atoms in total. The van der Waals surface area contributed by atoms with Gasteiger partial charge in [0.2, 0.25) is 11.8 Å². The van der Waals surface area contributed by atoms with Gasteiger partial charge in [-0.3, -0.25) is 9.59 Å². The van der Waals surface area contributed by atoms with Crippen molar-refractivity contribution in [1.82, 2.24) is 0 Å². The Morgan fingerprint density at radius 1 is 1.28 bits per heavy atom. The lowest BCUT2D eigenvalue weighted by atomic mass is 9.73. The molecule has 4 atom stereocenters. The highest BCUT2D eigenvalue weighted by atomic mass is 19.4. The maximum absolute atomic E-state index is 12.9. The van der Waals surface area contributed by atoms with Gasteiger partial charge in [0.15, 0.2) is 0 Å². The predicted octanol–water partition coefficient (Wildman–Crippen LogP) is 1.90. The summed E-state index contributed by atoms with van der Waals surface area (Å²) in [5, 5.41) is 9.45. The highest BCUT2D eigenvalue weighted by molar-refractivity contribution is 6.23. The summed E-state index contributed by atoms with van der Waals surface area (Å²) in [7, 11) is 0. The van der Waals surface area contributed by atoms with Gasteiger partial charge in [0.25, 0.3) is 0 Å². The number of ether oxygens (including phenoxy) is 1. The molecule has 0 aromatic heterocycles. The highest BCUT2D eigenvalue weighted by Crippen LogP contribution is 2.55. The van der Waals surface area contributed by atoms with Crippen LogP contribution in [0.15, 0.2) is 35.9 Å². The lowest BCUT2D eigenvalue weighted by Crippen LogP contribution is -2.42. The third-order valence-electron chi connectivity index (χ3n) is 5.28. The largest absolute Gasteiger partial charge is 0.416 e. The van der Waals surface area contributed by atoms with Crippen LogP contribution < -0.4 is 4.90 Å². The number of fused-ring (bicyclic) bond motifs is 5. The Hall–Kier alpha value is -2.19. The van der Waals surface area contributed by atoms with Gasteiger partial charge in [-0.2, -0.15) is 13.2 Å². The summed E-state index contributed by atoms with van der Waals surface area (Å²) < 4.78 is 44.5. The van der Waals surface area contributed by atoms with Crippen LogP contribution in [0.1, 0.15) is 12.5 Å². The number of benzene rings is 1. The number of amides is 2. The molecule has 25 heavy (non-hydrogen) atoms. The minimum absolute atomic E-state index is 0.104. The molecule has 1 aromatic carbocycles. The molecular weight excluding hydrogens is 339 g/mol. The summed E-state index contributed by atoms with van der Waals surface area (Å²) in [6.45, 7) is 1.32. The normalized spacial score (nSPS) is 33.9. The van der Waals surface area contributed by atoms with Crippen molar-refractivity contribution < 1.29 is 32.6 Å². The average Bonchev–Trinajstić information content (AvgIpc) is 3.12. The van der Waals surface area contributed by atoms with Gasteiger partial charge in [-0.1, -0.05) is 12.1 Å². The molecule has 3 aliphatic heterocycles. The van der Waals surface area contributed by atoms with Crippen LogP contribution in [0.4, 0.5) is 18.9 Å². The van der Waals surface area contributed by atoms with Crippen LogP contribution in [-0.4, -0.2) is 35.2 Å². The van der Waals surface area contributed by atoms with Crippen molar-refractivity contribution in [2.75, 3.05) is 11.5 Å².